The van der Waals surface area contributed by atoms with Crippen LogP contribution in [-0.2, 0) is 6.42 Å². The molecule has 0 amide bonds. The van der Waals surface area contributed by atoms with Crippen molar-refractivity contribution in [2.45, 2.75) is 6.42 Å². The molecule has 0 fully saturated rings. The normalized spacial score (nSPS) is 10.2. The Morgan fingerprint density at radius 3 is 2.88 bits per heavy atom. The Kier molecular flexibility index (Phi) is 4.09. The second-order valence-corrected chi connectivity index (χ2v) is 4.48. The van der Waals surface area contributed by atoms with Crippen molar-refractivity contribution in [1.82, 2.24) is 4.98 Å². The SMILES string of the molecule is Fc1ccc(Br)c(NCCc2ccccn2)c1. The number of nitrogens with zero attached hydrogens (tertiary/aromatic N) is 1. The monoisotopic (exact) mass is 294 g/mol. The van der Waals surface area contributed by atoms with Gasteiger partial charge in [0.1, 0.15) is 5.82 Å². The number of rotatable bonds is 4. The molecule has 1 N–H and O–H groups in total. The van der Waals surface area contributed by atoms with Crippen molar-refractivity contribution in [3.8, 4) is 0 Å². The smallest absolute Gasteiger partial charge is 0.125 e. The van der Waals surface area contributed by atoms with Crippen molar-refractivity contribution in [1.29, 1.82) is 0 Å². The van der Waals surface area contributed by atoms with Crippen LogP contribution < -0.4 is 5.32 Å². The zero-order chi connectivity index (χ0) is 12.1. The highest BCUT2D eigenvalue weighted by Gasteiger charge is 2.01. The minimum absolute atomic E-state index is 0.242. The molecule has 4 heteroatoms. The Labute approximate surface area is 108 Å². The molecule has 0 unspecified atom stereocenters. The van der Waals surface area contributed by atoms with Gasteiger partial charge in [-0.25, -0.2) is 4.39 Å². The Balaban J connectivity index is 1.92. The van der Waals surface area contributed by atoms with Gasteiger partial charge in [-0.2, -0.15) is 0 Å². The van der Waals surface area contributed by atoms with Crippen LogP contribution in [0.25, 0.3) is 0 Å². The maximum Gasteiger partial charge on any atom is 0.125 e. The maximum absolute atomic E-state index is 13.0. The lowest BCUT2D eigenvalue weighted by Gasteiger charge is -2.08. The summed E-state index contributed by atoms with van der Waals surface area (Å²) >= 11 is 3.37. The van der Waals surface area contributed by atoms with E-state index in [0.717, 1.165) is 28.8 Å². The van der Waals surface area contributed by atoms with Crippen LogP contribution in [0.1, 0.15) is 5.69 Å². The molecular weight excluding hydrogens is 283 g/mol. The Morgan fingerprint density at radius 2 is 2.12 bits per heavy atom. The first kappa shape index (κ1) is 12.0. The summed E-state index contributed by atoms with van der Waals surface area (Å²) in [4.78, 5) is 4.22. The van der Waals surface area contributed by atoms with Gasteiger partial charge in [0.2, 0.25) is 0 Å². The van der Waals surface area contributed by atoms with Gasteiger partial charge < -0.3 is 5.32 Å². The minimum atomic E-state index is -0.242. The highest BCUT2D eigenvalue weighted by Crippen LogP contribution is 2.22. The van der Waals surface area contributed by atoms with E-state index >= 15 is 0 Å². The van der Waals surface area contributed by atoms with Gasteiger partial charge in [0.25, 0.3) is 0 Å². The lowest BCUT2D eigenvalue weighted by molar-refractivity contribution is 0.628. The van der Waals surface area contributed by atoms with Gasteiger partial charge in [0.15, 0.2) is 0 Å². The van der Waals surface area contributed by atoms with E-state index in [1.807, 2.05) is 18.2 Å². The first-order chi connectivity index (χ1) is 8.25. The van der Waals surface area contributed by atoms with Crippen LogP contribution >= 0.6 is 15.9 Å². The highest BCUT2D eigenvalue weighted by molar-refractivity contribution is 9.10. The van der Waals surface area contributed by atoms with E-state index in [1.165, 1.54) is 12.1 Å². The summed E-state index contributed by atoms with van der Waals surface area (Å²) in [5.74, 6) is -0.242. The highest BCUT2D eigenvalue weighted by atomic mass is 79.9. The number of anilines is 1. The van der Waals surface area contributed by atoms with Crippen molar-refractivity contribution in [3.63, 3.8) is 0 Å². The quantitative estimate of drug-likeness (QED) is 0.931. The Morgan fingerprint density at radius 1 is 1.24 bits per heavy atom. The van der Waals surface area contributed by atoms with Crippen LogP contribution in [0.2, 0.25) is 0 Å². The van der Waals surface area contributed by atoms with Crippen LogP contribution in [0.4, 0.5) is 10.1 Å². The van der Waals surface area contributed by atoms with Gasteiger partial charge >= 0.3 is 0 Å². The summed E-state index contributed by atoms with van der Waals surface area (Å²) in [7, 11) is 0. The summed E-state index contributed by atoms with van der Waals surface area (Å²) < 4.78 is 13.9. The lowest BCUT2D eigenvalue weighted by Crippen LogP contribution is -2.06. The second kappa shape index (κ2) is 5.77. The largest absolute Gasteiger partial charge is 0.384 e. The number of hydrogen-bond donors (Lipinski definition) is 1. The van der Waals surface area contributed by atoms with E-state index in [0.29, 0.717) is 0 Å². The molecule has 88 valence electrons. The summed E-state index contributed by atoms with van der Waals surface area (Å²) in [6.07, 6.45) is 2.58. The van der Waals surface area contributed by atoms with E-state index in [9.17, 15) is 4.39 Å². The molecule has 0 aliphatic carbocycles. The van der Waals surface area contributed by atoms with Crippen molar-refractivity contribution < 1.29 is 4.39 Å². The van der Waals surface area contributed by atoms with E-state index in [4.69, 9.17) is 0 Å². The standard InChI is InChI=1S/C13H12BrFN2/c14-12-5-4-10(15)9-13(12)17-8-6-11-3-1-2-7-16-11/h1-5,7,9,17H,6,8H2. The molecule has 0 saturated heterocycles. The molecule has 0 radical (unpaired) electrons. The second-order valence-electron chi connectivity index (χ2n) is 3.62. The molecule has 0 aliphatic heterocycles. The third kappa shape index (κ3) is 3.53. The van der Waals surface area contributed by atoms with E-state index in [2.05, 4.69) is 26.2 Å². The number of benzene rings is 1. The van der Waals surface area contributed by atoms with Crippen LogP contribution in [0.3, 0.4) is 0 Å². The first-order valence-electron chi connectivity index (χ1n) is 5.34. The van der Waals surface area contributed by atoms with E-state index in [1.54, 1.807) is 12.3 Å². The van der Waals surface area contributed by atoms with Gasteiger partial charge in [0.05, 0.1) is 5.69 Å². The summed E-state index contributed by atoms with van der Waals surface area (Å²) in [6, 6.07) is 10.4. The topological polar surface area (TPSA) is 24.9 Å². The molecule has 17 heavy (non-hydrogen) atoms. The molecule has 2 nitrogen and oxygen atoms in total. The molecule has 0 atom stereocenters. The molecule has 0 spiro atoms. The average molecular weight is 295 g/mol. The van der Waals surface area contributed by atoms with Crippen molar-refractivity contribution >= 4 is 21.6 Å². The third-order valence-electron chi connectivity index (χ3n) is 2.35. The zero-order valence-corrected chi connectivity index (χ0v) is 10.7. The maximum atomic E-state index is 13.0. The van der Waals surface area contributed by atoms with Crippen LogP contribution in [0.5, 0.6) is 0 Å². The predicted octanol–water partition coefficient (Wildman–Crippen LogP) is 3.64. The third-order valence-corrected chi connectivity index (χ3v) is 3.04. The summed E-state index contributed by atoms with van der Waals surface area (Å²) in [6.45, 7) is 0.721. The summed E-state index contributed by atoms with van der Waals surface area (Å²) in [5, 5.41) is 3.18. The van der Waals surface area contributed by atoms with Gasteiger partial charge in [-0.15, -0.1) is 0 Å². The van der Waals surface area contributed by atoms with Gasteiger partial charge in [-0.1, -0.05) is 6.07 Å². The number of halogens is 2. The van der Waals surface area contributed by atoms with E-state index in [-0.39, 0.29) is 5.82 Å². The fraction of sp³-hybridized carbons (Fsp3) is 0.154. The fourth-order valence-electron chi connectivity index (χ4n) is 1.50. The predicted molar refractivity (Wildman–Crippen MR) is 70.5 cm³/mol. The number of aromatic nitrogens is 1. The van der Waals surface area contributed by atoms with Crippen LogP contribution in [0.15, 0.2) is 47.1 Å². The molecule has 0 saturated carbocycles. The minimum Gasteiger partial charge on any atom is -0.384 e. The summed E-state index contributed by atoms with van der Waals surface area (Å²) in [5.41, 5.74) is 1.79. The van der Waals surface area contributed by atoms with Crippen molar-refractivity contribution in [3.05, 3.63) is 58.6 Å². The molecule has 2 rings (SSSR count). The van der Waals surface area contributed by atoms with Gasteiger partial charge in [-0.05, 0) is 46.3 Å². The van der Waals surface area contributed by atoms with Gasteiger partial charge in [-0.3, -0.25) is 4.98 Å². The Bertz CT molecular complexity index is 488. The molecule has 1 aromatic heterocycles. The zero-order valence-electron chi connectivity index (χ0n) is 9.16. The fourth-order valence-corrected chi connectivity index (χ4v) is 1.89. The number of nitrogens with one attached hydrogen (secondary N) is 1. The van der Waals surface area contributed by atoms with E-state index < -0.39 is 0 Å². The first-order valence-corrected chi connectivity index (χ1v) is 6.14. The van der Waals surface area contributed by atoms with Crippen LogP contribution in [-0.4, -0.2) is 11.5 Å². The number of hydrogen-bond acceptors (Lipinski definition) is 2. The lowest BCUT2D eigenvalue weighted by atomic mass is 10.2. The molecule has 1 heterocycles. The molecule has 2 aromatic rings. The van der Waals surface area contributed by atoms with Crippen molar-refractivity contribution in [2.75, 3.05) is 11.9 Å². The average Bonchev–Trinajstić information content (AvgIpc) is 2.35. The molecular formula is C13H12BrFN2. The molecule has 0 aliphatic rings. The molecule has 0 bridgehead atoms. The molecule has 1 aromatic carbocycles. The number of pyridine rings is 1. The van der Waals surface area contributed by atoms with Crippen LogP contribution in [0, 0.1) is 5.82 Å². The van der Waals surface area contributed by atoms with Crippen molar-refractivity contribution in [2.24, 2.45) is 0 Å². The van der Waals surface area contributed by atoms with Gasteiger partial charge in [0, 0.05) is 29.3 Å². The Hall–Kier alpha value is -1.42.